The van der Waals surface area contributed by atoms with Gasteiger partial charge in [-0.15, -0.1) is 0 Å². The quantitative estimate of drug-likeness (QED) is 0.842. The maximum atomic E-state index is 12.3. The fourth-order valence-corrected chi connectivity index (χ4v) is 3.00. The topological polar surface area (TPSA) is 89.5 Å². The molecule has 8 heteroatoms. The van der Waals surface area contributed by atoms with Gasteiger partial charge >= 0.3 is 12.0 Å². The molecule has 0 aromatic carbocycles. The molecule has 1 aliphatic heterocycles. The SMILES string of the molecule is CN(Cc1cn[nH]c1)C(=O)N1CCSCC1C(=O)O. The number of nitrogens with zero attached hydrogens (tertiary/aromatic N) is 3. The molecule has 2 amide bonds. The zero-order valence-corrected chi connectivity index (χ0v) is 11.4. The molecule has 2 N–H and O–H groups in total. The molecular formula is C11H16N4O3S. The molecule has 1 aromatic rings. The first-order chi connectivity index (χ1) is 9.09. The van der Waals surface area contributed by atoms with E-state index in [2.05, 4.69) is 10.2 Å². The Bertz CT molecular complexity index is 451. The summed E-state index contributed by atoms with van der Waals surface area (Å²) < 4.78 is 0. The number of H-pyrrole nitrogens is 1. The number of carboxylic acid groups (broad SMARTS) is 1. The lowest BCUT2D eigenvalue weighted by Gasteiger charge is -2.35. The zero-order valence-electron chi connectivity index (χ0n) is 10.6. The Balaban J connectivity index is 2.02. The normalized spacial score (nSPS) is 19.2. The average molecular weight is 284 g/mol. The van der Waals surface area contributed by atoms with Gasteiger partial charge in [-0.25, -0.2) is 9.59 Å². The highest BCUT2D eigenvalue weighted by molar-refractivity contribution is 7.99. The lowest BCUT2D eigenvalue weighted by molar-refractivity contribution is -0.141. The van der Waals surface area contributed by atoms with Crippen molar-refractivity contribution in [1.29, 1.82) is 0 Å². The van der Waals surface area contributed by atoms with Crippen LogP contribution in [0, 0.1) is 0 Å². The van der Waals surface area contributed by atoms with E-state index < -0.39 is 12.0 Å². The third kappa shape index (κ3) is 3.19. The number of thioether (sulfide) groups is 1. The Hall–Kier alpha value is -1.70. The van der Waals surface area contributed by atoms with E-state index in [1.54, 1.807) is 31.2 Å². The number of hydrogen-bond donors (Lipinski definition) is 2. The number of urea groups is 1. The second kappa shape index (κ2) is 5.96. The van der Waals surface area contributed by atoms with Crippen molar-refractivity contribution in [1.82, 2.24) is 20.0 Å². The van der Waals surface area contributed by atoms with Gasteiger partial charge in [-0.3, -0.25) is 5.10 Å². The van der Waals surface area contributed by atoms with E-state index in [1.807, 2.05) is 0 Å². The number of aromatic nitrogens is 2. The summed E-state index contributed by atoms with van der Waals surface area (Å²) in [6.45, 7) is 0.876. The first-order valence-corrected chi connectivity index (χ1v) is 7.05. The van der Waals surface area contributed by atoms with Crippen LogP contribution >= 0.6 is 11.8 Å². The summed E-state index contributed by atoms with van der Waals surface area (Å²) in [4.78, 5) is 26.4. The first kappa shape index (κ1) is 13.7. The molecule has 2 heterocycles. The van der Waals surface area contributed by atoms with Gasteiger partial charge in [0.15, 0.2) is 0 Å². The number of carbonyl (C=O) groups is 2. The summed E-state index contributed by atoms with van der Waals surface area (Å²) in [5.41, 5.74) is 0.883. The van der Waals surface area contributed by atoms with Crippen molar-refractivity contribution in [3.05, 3.63) is 18.0 Å². The Morgan fingerprint density at radius 2 is 2.47 bits per heavy atom. The number of hydrogen-bond acceptors (Lipinski definition) is 4. The van der Waals surface area contributed by atoms with E-state index in [1.165, 1.54) is 9.80 Å². The monoisotopic (exact) mass is 284 g/mol. The Morgan fingerprint density at radius 3 is 3.11 bits per heavy atom. The smallest absolute Gasteiger partial charge is 0.327 e. The average Bonchev–Trinajstić information content (AvgIpc) is 2.90. The Morgan fingerprint density at radius 1 is 1.68 bits per heavy atom. The van der Waals surface area contributed by atoms with Gasteiger partial charge in [0, 0.05) is 36.9 Å². The molecule has 0 aliphatic carbocycles. The van der Waals surface area contributed by atoms with Crippen LogP contribution in [0.3, 0.4) is 0 Å². The lowest BCUT2D eigenvalue weighted by atomic mass is 10.3. The molecule has 0 spiro atoms. The van der Waals surface area contributed by atoms with Crippen LogP contribution in [0.5, 0.6) is 0 Å². The van der Waals surface area contributed by atoms with Gasteiger partial charge in [-0.05, 0) is 0 Å². The van der Waals surface area contributed by atoms with Gasteiger partial charge in [-0.1, -0.05) is 0 Å². The van der Waals surface area contributed by atoms with Crippen LogP contribution in [0.15, 0.2) is 12.4 Å². The molecule has 1 aliphatic rings. The van der Waals surface area contributed by atoms with Crippen molar-refractivity contribution in [2.24, 2.45) is 0 Å². The second-order valence-electron chi connectivity index (χ2n) is 4.37. The van der Waals surface area contributed by atoms with Crippen LogP contribution in [0.2, 0.25) is 0 Å². The van der Waals surface area contributed by atoms with E-state index in [-0.39, 0.29) is 6.03 Å². The highest BCUT2D eigenvalue weighted by Crippen LogP contribution is 2.18. The van der Waals surface area contributed by atoms with Crippen molar-refractivity contribution >= 4 is 23.8 Å². The van der Waals surface area contributed by atoms with Gasteiger partial charge in [0.1, 0.15) is 6.04 Å². The third-order valence-electron chi connectivity index (χ3n) is 2.96. The van der Waals surface area contributed by atoms with Crippen LogP contribution in [-0.2, 0) is 11.3 Å². The molecule has 2 rings (SSSR count). The Labute approximate surface area is 115 Å². The fraction of sp³-hybridized carbons (Fsp3) is 0.545. The molecule has 1 fully saturated rings. The van der Waals surface area contributed by atoms with E-state index in [0.29, 0.717) is 18.8 Å². The van der Waals surface area contributed by atoms with Gasteiger partial charge in [0.2, 0.25) is 0 Å². The van der Waals surface area contributed by atoms with E-state index >= 15 is 0 Å². The van der Waals surface area contributed by atoms with Crippen molar-refractivity contribution in [2.75, 3.05) is 25.1 Å². The number of carbonyl (C=O) groups excluding carboxylic acids is 1. The molecule has 1 saturated heterocycles. The van der Waals surface area contributed by atoms with Gasteiger partial charge in [-0.2, -0.15) is 16.9 Å². The molecule has 7 nitrogen and oxygen atoms in total. The van der Waals surface area contributed by atoms with E-state index in [0.717, 1.165) is 11.3 Å². The molecule has 1 unspecified atom stereocenters. The van der Waals surface area contributed by atoms with Gasteiger partial charge < -0.3 is 14.9 Å². The molecule has 104 valence electrons. The maximum absolute atomic E-state index is 12.3. The Kier molecular flexibility index (Phi) is 4.31. The molecule has 19 heavy (non-hydrogen) atoms. The fourth-order valence-electron chi connectivity index (χ4n) is 1.96. The lowest BCUT2D eigenvalue weighted by Crippen LogP contribution is -2.53. The van der Waals surface area contributed by atoms with Crippen LogP contribution in [0.4, 0.5) is 4.79 Å². The summed E-state index contributed by atoms with van der Waals surface area (Å²) in [5, 5.41) is 15.7. The molecule has 0 radical (unpaired) electrons. The minimum absolute atomic E-state index is 0.256. The first-order valence-electron chi connectivity index (χ1n) is 5.89. The van der Waals surface area contributed by atoms with Crippen LogP contribution in [0.25, 0.3) is 0 Å². The molecule has 0 saturated carbocycles. The summed E-state index contributed by atoms with van der Waals surface area (Å²) in [7, 11) is 1.66. The molecule has 1 atom stereocenters. The standard InChI is InChI=1S/C11H16N4O3S/c1-14(6-8-4-12-13-5-8)11(18)15-2-3-19-7-9(15)10(16)17/h4-5,9H,2-3,6-7H2,1H3,(H,12,13)(H,16,17). The number of carboxylic acids is 1. The number of rotatable bonds is 3. The predicted octanol–water partition coefficient (Wildman–Crippen LogP) is 0.464. The van der Waals surface area contributed by atoms with E-state index in [4.69, 9.17) is 5.11 Å². The summed E-state index contributed by atoms with van der Waals surface area (Å²) in [6.07, 6.45) is 3.36. The second-order valence-corrected chi connectivity index (χ2v) is 5.52. The molecule has 1 aromatic heterocycles. The van der Waals surface area contributed by atoms with Crippen LogP contribution in [0.1, 0.15) is 5.56 Å². The molecular weight excluding hydrogens is 268 g/mol. The maximum Gasteiger partial charge on any atom is 0.327 e. The summed E-state index contributed by atoms with van der Waals surface area (Å²) in [5.74, 6) is 0.271. The highest BCUT2D eigenvalue weighted by atomic mass is 32.2. The summed E-state index contributed by atoms with van der Waals surface area (Å²) >= 11 is 1.56. The minimum atomic E-state index is -0.947. The largest absolute Gasteiger partial charge is 0.480 e. The third-order valence-corrected chi connectivity index (χ3v) is 3.98. The minimum Gasteiger partial charge on any atom is -0.480 e. The number of amides is 2. The highest BCUT2D eigenvalue weighted by Gasteiger charge is 2.33. The van der Waals surface area contributed by atoms with Gasteiger partial charge in [0.25, 0.3) is 0 Å². The zero-order chi connectivity index (χ0) is 13.8. The number of aliphatic carboxylic acids is 1. The van der Waals surface area contributed by atoms with Crippen molar-refractivity contribution < 1.29 is 14.7 Å². The van der Waals surface area contributed by atoms with Crippen molar-refractivity contribution in [3.63, 3.8) is 0 Å². The van der Waals surface area contributed by atoms with Crippen LogP contribution in [-0.4, -0.2) is 68.2 Å². The number of aromatic amines is 1. The van der Waals surface area contributed by atoms with E-state index in [9.17, 15) is 9.59 Å². The van der Waals surface area contributed by atoms with Crippen LogP contribution < -0.4 is 0 Å². The predicted molar refractivity (Wildman–Crippen MR) is 70.9 cm³/mol. The number of nitrogens with one attached hydrogen (secondary N) is 1. The van der Waals surface area contributed by atoms with Crippen molar-refractivity contribution in [2.45, 2.75) is 12.6 Å². The molecule has 0 bridgehead atoms. The summed E-state index contributed by atoms with van der Waals surface area (Å²) in [6, 6.07) is -0.994. The van der Waals surface area contributed by atoms with Crippen molar-refractivity contribution in [3.8, 4) is 0 Å². The van der Waals surface area contributed by atoms with Gasteiger partial charge in [0.05, 0.1) is 12.7 Å².